The summed E-state index contributed by atoms with van der Waals surface area (Å²) in [5, 5.41) is 0.948. The van der Waals surface area contributed by atoms with E-state index in [1.165, 1.54) is 10.5 Å². The molecule has 0 saturated carbocycles. The number of rotatable bonds is 3. The van der Waals surface area contributed by atoms with Crippen LogP contribution in [0.5, 0.6) is 5.75 Å². The molecular weight excluding hydrogens is 280 g/mol. The highest BCUT2D eigenvalue weighted by Crippen LogP contribution is 2.25. The largest absolute Gasteiger partial charge is 0.497 e. The second-order valence-corrected chi connectivity index (χ2v) is 5.94. The van der Waals surface area contributed by atoms with Crippen LogP contribution in [-0.2, 0) is 0 Å². The van der Waals surface area contributed by atoms with E-state index in [4.69, 9.17) is 9.73 Å². The highest BCUT2D eigenvalue weighted by Gasteiger charge is 2.06. The molecule has 2 rings (SSSR count). The van der Waals surface area contributed by atoms with Gasteiger partial charge in [0.25, 0.3) is 0 Å². The average Bonchev–Trinajstić information content (AvgIpc) is 2.49. The Morgan fingerprint density at radius 2 is 1.62 bits per heavy atom. The van der Waals surface area contributed by atoms with Gasteiger partial charge in [-0.3, -0.25) is 0 Å². The van der Waals surface area contributed by atoms with E-state index >= 15 is 0 Å². The first-order valence-corrected chi connectivity index (χ1v) is 7.55. The van der Waals surface area contributed by atoms with Gasteiger partial charge in [-0.1, -0.05) is 29.5 Å². The van der Waals surface area contributed by atoms with Crippen molar-refractivity contribution in [3.63, 3.8) is 0 Å². The summed E-state index contributed by atoms with van der Waals surface area (Å²) < 4.78 is 5.16. The molecule has 0 bridgehead atoms. The first kappa shape index (κ1) is 15.4. The van der Waals surface area contributed by atoms with E-state index in [1.54, 1.807) is 18.9 Å². The maximum atomic E-state index is 5.16. The molecule has 2 aromatic rings. The minimum Gasteiger partial charge on any atom is -0.497 e. The van der Waals surface area contributed by atoms with Crippen molar-refractivity contribution in [3.05, 3.63) is 54.1 Å². The molecule has 0 radical (unpaired) electrons. The van der Waals surface area contributed by atoms with E-state index in [9.17, 15) is 0 Å². The van der Waals surface area contributed by atoms with E-state index < -0.39 is 0 Å². The number of aryl methyl sites for hydroxylation is 1. The third-order valence-corrected chi connectivity index (χ3v) is 4.06. The monoisotopic (exact) mass is 300 g/mol. The quantitative estimate of drug-likeness (QED) is 0.479. The van der Waals surface area contributed by atoms with Gasteiger partial charge in [0.1, 0.15) is 5.75 Å². The van der Waals surface area contributed by atoms with Gasteiger partial charge in [0, 0.05) is 19.0 Å². The first-order valence-electron chi connectivity index (χ1n) is 6.73. The van der Waals surface area contributed by atoms with Crippen molar-refractivity contribution in [2.45, 2.75) is 11.8 Å². The number of nitrogens with zero attached hydrogens (tertiary/aromatic N) is 2. The van der Waals surface area contributed by atoms with E-state index in [-0.39, 0.29) is 0 Å². The topological polar surface area (TPSA) is 24.8 Å². The molecular formula is C17H20N2OS. The number of ether oxygens (including phenoxy) is 1. The average molecular weight is 300 g/mol. The number of hydrogen-bond donors (Lipinski definition) is 0. The molecule has 0 unspecified atom stereocenters. The minimum absolute atomic E-state index is 0.839. The molecule has 2 aromatic carbocycles. The van der Waals surface area contributed by atoms with E-state index in [0.717, 1.165) is 16.6 Å². The minimum atomic E-state index is 0.839. The van der Waals surface area contributed by atoms with Crippen molar-refractivity contribution in [2.75, 3.05) is 21.2 Å². The normalized spacial score (nSPS) is 11.3. The number of amidine groups is 1. The summed E-state index contributed by atoms with van der Waals surface area (Å²) in [6.45, 7) is 2.09. The number of thioether (sulfide) groups is 1. The molecule has 0 atom stereocenters. The highest BCUT2D eigenvalue weighted by molar-refractivity contribution is 8.13. The van der Waals surface area contributed by atoms with Crippen LogP contribution in [0.1, 0.15) is 5.56 Å². The fraction of sp³-hybridized carbons (Fsp3) is 0.235. The summed E-state index contributed by atoms with van der Waals surface area (Å²) in [4.78, 5) is 7.91. The van der Waals surface area contributed by atoms with E-state index in [0.29, 0.717) is 0 Å². The molecule has 0 aliphatic carbocycles. The predicted octanol–water partition coefficient (Wildman–Crippen LogP) is 4.35. The van der Waals surface area contributed by atoms with Gasteiger partial charge in [0.2, 0.25) is 0 Å². The highest BCUT2D eigenvalue weighted by atomic mass is 32.2. The van der Waals surface area contributed by atoms with Crippen LogP contribution >= 0.6 is 11.8 Å². The summed E-state index contributed by atoms with van der Waals surface area (Å²) in [6.07, 6.45) is 0. The van der Waals surface area contributed by atoms with Crippen LogP contribution in [0.4, 0.5) is 5.69 Å². The summed E-state index contributed by atoms with van der Waals surface area (Å²) in [5.74, 6) is 0.839. The van der Waals surface area contributed by atoms with Crippen LogP contribution in [0.25, 0.3) is 0 Å². The lowest BCUT2D eigenvalue weighted by atomic mass is 10.2. The van der Waals surface area contributed by atoms with Crippen molar-refractivity contribution in [1.82, 2.24) is 4.90 Å². The van der Waals surface area contributed by atoms with Crippen molar-refractivity contribution in [2.24, 2.45) is 4.99 Å². The Kier molecular flexibility index (Phi) is 5.28. The van der Waals surface area contributed by atoms with Crippen molar-refractivity contribution in [3.8, 4) is 5.75 Å². The summed E-state index contributed by atoms with van der Waals surface area (Å²) >= 11 is 1.65. The Morgan fingerprint density at radius 1 is 1.00 bits per heavy atom. The molecule has 3 nitrogen and oxygen atoms in total. The lowest BCUT2D eigenvalue weighted by Crippen LogP contribution is -2.18. The molecule has 0 N–H and O–H groups in total. The number of methoxy groups -OCH3 is 1. The van der Waals surface area contributed by atoms with Gasteiger partial charge >= 0.3 is 0 Å². The van der Waals surface area contributed by atoms with Gasteiger partial charge in [0.15, 0.2) is 5.17 Å². The maximum Gasteiger partial charge on any atom is 0.168 e. The van der Waals surface area contributed by atoms with Gasteiger partial charge in [-0.25, -0.2) is 4.99 Å². The Bertz CT molecular complexity index is 604. The van der Waals surface area contributed by atoms with Crippen LogP contribution in [0.3, 0.4) is 0 Å². The van der Waals surface area contributed by atoms with Crippen LogP contribution in [-0.4, -0.2) is 31.3 Å². The zero-order chi connectivity index (χ0) is 15.2. The molecule has 0 spiro atoms. The number of hydrogen-bond acceptors (Lipinski definition) is 3. The molecule has 0 aliphatic heterocycles. The van der Waals surface area contributed by atoms with E-state index in [1.807, 2.05) is 43.3 Å². The Balaban J connectivity index is 2.20. The molecule has 4 heteroatoms. The van der Waals surface area contributed by atoms with Crippen LogP contribution in [0.15, 0.2) is 58.4 Å². The van der Waals surface area contributed by atoms with Crippen LogP contribution in [0.2, 0.25) is 0 Å². The second-order valence-electron chi connectivity index (χ2n) is 4.90. The lowest BCUT2D eigenvalue weighted by molar-refractivity contribution is 0.415. The Labute approximate surface area is 130 Å². The fourth-order valence-electron chi connectivity index (χ4n) is 1.69. The second kappa shape index (κ2) is 7.18. The van der Waals surface area contributed by atoms with Crippen LogP contribution < -0.4 is 4.74 Å². The number of aliphatic imine (C=N–C) groups is 1. The van der Waals surface area contributed by atoms with Gasteiger partial charge in [-0.15, -0.1) is 0 Å². The third kappa shape index (κ3) is 4.53. The SMILES string of the molecule is COc1ccc(N=C(Sc2ccc(C)cc2)N(C)C)cc1. The summed E-state index contributed by atoms with van der Waals surface area (Å²) in [5.41, 5.74) is 2.18. The molecule has 0 fully saturated rings. The standard InChI is InChI=1S/C17H20N2OS/c1-13-5-11-16(12-6-13)21-17(19(2)3)18-14-7-9-15(20-4)10-8-14/h5-12H,1-4H3. The molecule has 0 amide bonds. The number of benzene rings is 2. The van der Waals surface area contributed by atoms with Crippen molar-refractivity contribution >= 4 is 22.6 Å². The zero-order valence-electron chi connectivity index (χ0n) is 12.8. The molecule has 21 heavy (non-hydrogen) atoms. The molecule has 0 heterocycles. The zero-order valence-corrected chi connectivity index (χ0v) is 13.6. The Morgan fingerprint density at radius 3 is 2.14 bits per heavy atom. The smallest absolute Gasteiger partial charge is 0.168 e. The predicted molar refractivity (Wildman–Crippen MR) is 90.8 cm³/mol. The van der Waals surface area contributed by atoms with Gasteiger partial charge in [0.05, 0.1) is 12.8 Å². The molecule has 0 aliphatic rings. The van der Waals surface area contributed by atoms with Gasteiger partial charge < -0.3 is 9.64 Å². The maximum absolute atomic E-state index is 5.16. The van der Waals surface area contributed by atoms with Crippen molar-refractivity contribution < 1.29 is 4.74 Å². The molecule has 110 valence electrons. The Hall–Kier alpha value is -1.94. The van der Waals surface area contributed by atoms with E-state index in [2.05, 4.69) is 31.2 Å². The summed E-state index contributed by atoms with van der Waals surface area (Å²) in [6, 6.07) is 16.2. The lowest BCUT2D eigenvalue weighted by Gasteiger charge is -2.15. The molecule has 0 aromatic heterocycles. The fourth-order valence-corrected chi connectivity index (χ4v) is 2.51. The third-order valence-electron chi connectivity index (χ3n) is 2.91. The van der Waals surface area contributed by atoms with Crippen molar-refractivity contribution in [1.29, 1.82) is 0 Å². The van der Waals surface area contributed by atoms with Gasteiger partial charge in [-0.2, -0.15) is 0 Å². The van der Waals surface area contributed by atoms with Gasteiger partial charge in [-0.05, 0) is 43.3 Å². The first-order chi connectivity index (χ1) is 10.1. The summed E-state index contributed by atoms with van der Waals surface area (Å²) in [7, 11) is 5.67. The van der Waals surface area contributed by atoms with Crippen LogP contribution in [0, 0.1) is 6.92 Å². The molecule has 0 saturated heterocycles.